The van der Waals surface area contributed by atoms with Crippen LogP contribution in [0, 0.1) is 11.3 Å². The molecule has 30 heavy (non-hydrogen) atoms. The van der Waals surface area contributed by atoms with Gasteiger partial charge in [-0.3, -0.25) is 9.69 Å². The third kappa shape index (κ3) is 4.38. The number of benzene rings is 2. The number of anilines is 1. The number of halogens is 1. The lowest BCUT2D eigenvalue weighted by Gasteiger charge is -2.24. The summed E-state index contributed by atoms with van der Waals surface area (Å²) >= 11 is 6.47. The zero-order chi connectivity index (χ0) is 20.9. The van der Waals surface area contributed by atoms with E-state index in [9.17, 15) is 4.79 Å². The summed E-state index contributed by atoms with van der Waals surface area (Å²) in [6.07, 6.45) is 2.65. The largest absolute Gasteiger partial charge is 0.368 e. The summed E-state index contributed by atoms with van der Waals surface area (Å²) in [5, 5.41) is 13.5. The van der Waals surface area contributed by atoms with E-state index in [1.54, 1.807) is 6.20 Å². The molecular weight excluding hydrogens is 398 g/mol. The Labute approximate surface area is 180 Å². The third-order valence-electron chi connectivity index (χ3n) is 5.32. The average molecular weight is 420 g/mol. The van der Waals surface area contributed by atoms with Crippen molar-refractivity contribution in [3.63, 3.8) is 0 Å². The second-order valence-electron chi connectivity index (χ2n) is 7.32. The zero-order valence-corrected chi connectivity index (χ0v) is 17.3. The minimum Gasteiger partial charge on any atom is -0.368 e. The van der Waals surface area contributed by atoms with Gasteiger partial charge in [0.2, 0.25) is 0 Å². The van der Waals surface area contributed by atoms with Crippen LogP contribution < -0.4 is 10.5 Å². The lowest BCUT2D eigenvalue weighted by atomic mass is 10.1. The summed E-state index contributed by atoms with van der Waals surface area (Å²) in [6, 6.07) is 19.2. The van der Waals surface area contributed by atoms with Crippen molar-refractivity contribution in [2.75, 3.05) is 31.1 Å². The molecule has 0 atom stereocenters. The number of hydrogen-bond donors (Lipinski definition) is 0. The molecule has 1 fully saturated rings. The molecule has 1 aliphatic heterocycles. The van der Waals surface area contributed by atoms with Crippen molar-refractivity contribution in [3.8, 4) is 11.8 Å². The van der Waals surface area contributed by atoms with E-state index >= 15 is 0 Å². The van der Waals surface area contributed by atoms with Gasteiger partial charge in [-0.1, -0.05) is 41.9 Å². The molecule has 7 heteroatoms. The molecule has 0 spiro atoms. The normalized spacial score (nSPS) is 14.9. The van der Waals surface area contributed by atoms with Gasteiger partial charge in [0, 0.05) is 32.7 Å². The van der Waals surface area contributed by atoms with E-state index in [4.69, 9.17) is 16.9 Å². The molecule has 152 valence electrons. The van der Waals surface area contributed by atoms with Gasteiger partial charge in [0.1, 0.15) is 5.02 Å². The van der Waals surface area contributed by atoms with Crippen LogP contribution in [0.4, 0.5) is 5.69 Å². The SMILES string of the molecule is N#Cc1ccc(CN2CCCN(c3cnn(-c4ccccc4)c(=O)c3Cl)CC2)cc1. The van der Waals surface area contributed by atoms with Gasteiger partial charge in [-0.25, -0.2) is 0 Å². The first-order valence-corrected chi connectivity index (χ1v) is 10.3. The van der Waals surface area contributed by atoms with Crippen molar-refractivity contribution < 1.29 is 0 Å². The van der Waals surface area contributed by atoms with Crippen molar-refractivity contribution in [1.29, 1.82) is 5.26 Å². The first kappa shape index (κ1) is 20.1. The molecule has 0 N–H and O–H groups in total. The van der Waals surface area contributed by atoms with E-state index in [0.717, 1.165) is 39.1 Å². The quantitative estimate of drug-likeness (QED) is 0.647. The lowest BCUT2D eigenvalue weighted by Crippen LogP contribution is -2.32. The number of hydrogen-bond acceptors (Lipinski definition) is 5. The van der Waals surface area contributed by atoms with Gasteiger partial charge in [0.25, 0.3) is 5.56 Å². The maximum Gasteiger partial charge on any atom is 0.292 e. The van der Waals surface area contributed by atoms with Crippen LogP contribution in [0.15, 0.2) is 65.6 Å². The highest BCUT2D eigenvalue weighted by Crippen LogP contribution is 2.23. The third-order valence-corrected chi connectivity index (χ3v) is 5.67. The van der Waals surface area contributed by atoms with Gasteiger partial charge in [0.05, 0.1) is 29.2 Å². The van der Waals surface area contributed by atoms with E-state index in [2.05, 4.69) is 21.0 Å². The minimum atomic E-state index is -0.306. The van der Waals surface area contributed by atoms with Crippen molar-refractivity contribution in [2.24, 2.45) is 0 Å². The Morgan fingerprint density at radius 2 is 1.77 bits per heavy atom. The molecule has 0 saturated carbocycles. The number of aromatic nitrogens is 2. The Kier molecular flexibility index (Phi) is 6.12. The monoisotopic (exact) mass is 419 g/mol. The van der Waals surface area contributed by atoms with Crippen LogP contribution in [0.25, 0.3) is 5.69 Å². The van der Waals surface area contributed by atoms with Gasteiger partial charge in [-0.15, -0.1) is 0 Å². The van der Waals surface area contributed by atoms with Gasteiger partial charge >= 0.3 is 0 Å². The van der Waals surface area contributed by atoms with Crippen molar-refractivity contribution in [3.05, 3.63) is 87.3 Å². The van der Waals surface area contributed by atoms with Crippen LogP contribution in [0.2, 0.25) is 5.02 Å². The summed E-state index contributed by atoms with van der Waals surface area (Å²) < 4.78 is 1.33. The maximum atomic E-state index is 12.8. The summed E-state index contributed by atoms with van der Waals surface area (Å²) in [4.78, 5) is 17.3. The summed E-state index contributed by atoms with van der Waals surface area (Å²) in [5.74, 6) is 0. The lowest BCUT2D eigenvalue weighted by molar-refractivity contribution is 0.285. The van der Waals surface area contributed by atoms with Gasteiger partial charge in [-0.2, -0.15) is 15.0 Å². The fourth-order valence-electron chi connectivity index (χ4n) is 3.71. The predicted molar refractivity (Wildman–Crippen MR) is 118 cm³/mol. The summed E-state index contributed by atoms with van der Waals surface area (Å²) in [6.45, 7) is 4.24. The molecule has 4 rings (SSSR count). The van der Waals surface area contributed by atoms with Crippen LogP contribution in [0.1, 0.15) is 17.5 Å². The molecule has 1 saturated heterocycles. The molecule has 1 aliphatic rings. The second-order valence-corrected chi connectivity index (χ2v) is 7.70. The molecule has 0 amide bonds. The van der Waals surface area contributed by atoms with Crippen molar-refractivity contribution in [1.82, 2.24) is 14.7 Å². The zero-order valence-electron chi connectivity index (χ0n) is 16.5. The van der Waals surface area contributed by atoms with Crippen LogP contribution in [-0.2, 0) is 6.54 Å². The van der Waals surface area contributed by atoms with Crippen LogP contribution in [0.5, 0.6) is 0 Å². The highest BCUT2D eigenvalue weighted by Gasteiger charge is 2.20. The van der Waals surface area contributed by atoms with Crippen LogP contribution in [-0.4, -0.2) is 40.9 Å². The van der Waals surface area contributed by atoms with Gasteiger partial charge in [0.15, 0.2) is 0 Å². The van der Waals surface area contributed by atoms with Crippen molar-refractivity contribution >= 4 is 17.3 Å². The van der Waals surface area contributed by atoms with Crippen LogP contribution in [0.3, 0.4) is 0 Å². The fraction of sp³-hybridized carbons (Fsp3) is 0.261. The fourth-order valence-corrected chi connectivity index (χ4v) is 3.96. The first-order chi connectivity index (χ1) is 14.7. The molecule has 0 unspecified atom stereocenters. The molecule has 3 aromatic rings. The Hall–Kier alpha value is -3.14. The molecule has 2 aromatic carbocycles. The van der Waals surface area contributed by atoms with E-state index in [1.165, 1.54) is 10.2 Å². The van der Waals surface area contributed by atoms with Crippen LogP contribution >= 0.6 is 11.6 Å². The standard InChI is InChI=1S/C23H22ClN5O/c24-22-21(16-26-29(23(22)30)20-5-2-1-3-6-20)28-12-4-11-27(13-14-28)17-19-9-7-18(15-25)8-10-19/h1-3,5-10,16H,4,11-14,17H2. The van der Waals surface area contributed by atoms with E-state index in [0.29, 0.717) is 16.9 Å². The predicted octanol–water partition coefficient (Wildman–Crippen LogP) is 3.47. The Balaban J connectivity index is 1.47. The number of para-hydroxylation sites is 1. The number of nitrogens with zero attached hydrogens (tertiary/aromatic N) is 5. The van der Waals surface area contributed by atoms with E-state index < -0.39 is 0 Å². The summed E-state index contributed by atoms with van der Waals surface area (Å²) in [5.41, 5.74) is 2.94. The molecule has 2 heterocycles. The smallest absolute Gasteiger partial charge is 0.292 e. The molecule has 0 aliphatic carbocycles. The molecular formula is C23H22ClN5O. The van der Waals surface area contributed by atoms with Gasteiger partial charge in [-0.05, 0) is 36.2 Å². The number of rotatable bonds is 4. The first-order valence-electron chi connectivity index (χ1n) is 9.95. The molecule has 0 bridgehead atoms. The highest BCUT2D eigenvalue weighted by molar-refractivity contribution is 6.33. The Bertz CT molecular complexity index is 1110. The highest BCUT2D eigenvalue weighted by atomic mass is 35.5. The number of nitriles is 1. The Morgan fingerprint density at radius 1 is 1.00 bits per heavy atom. The Morgan fingerprint density at radius 3 is 2.50 bits per heavy atom. The van der Waals surface area contributed by atoms with E-state index in [-0.39, 0.29) is 10.6 Å². The second kappa shape index (κ2) is 9.12. The molecule has 6 nitrogen and oxygen atoms in total. The molecule has 1 aromatic heterocycles. The molecule has 0 radical (unpaired) electrons. The van der Waals surface area contributed by atoms with Crippen molar-refractivity contribution in [2.45, 2.75) is 13.0 Å². The van der Waals surface area contributed by atoms with Gasteiger partial charge < -0.3 is 4.90 Å². The average Bonchev–Trinajstić information content (AvgIpc) is 3.02. The van der Waals surface area contributed by atoms with E-state index in [1.807, 2.05) is 54.6 Å². The summed E-state index contributed by atoms with van der Waals surface area (Å²) in [7, 11) is 0. The maximum absolute atomic E-state index is 12.8. The topological polar surface area (TPSA) is 65.2 Å². The minimum absolute atomic E-state index is 0.203.